The molecule has 0 aliphatic carbocycles. The minimum atomic E-state index is 0.509. The molecule has 28 heavy (non-hydrogen) atoms. The van der Waals surface area contributed by atoms with Crippen LogP contribution in [-0.4, -0.2) is 12.1 Å². The molecule has 0 amide bonds. The van der Waals surface area contributed by atoms with E-state index < -0.39 is 0 Å². The zero-order chi connectivity index (χ0) is 19.8. The average molecular weight is 390 g/mol. The van der Waals surface area contributed by atoms with Crippen molar-refractivity contribution < 1.29 is 4.74 Å². The van der Waals surface area contributed by atoms with Crippen molar-refractivity contribution >= 4 is 22.6 Å². The predicted molar refractivity (Wildman–Crippen MR) is 116 cm³/mol. The first-order valence-electron chi connectivity index (χ1n) is 9.29. The number of hydrogen-bond acceptors (Lipinski definition) is 5. The summed E-state index contributed by atoms with van der Waals surface area (Å²) in [7, 11) is 1.64. The van der Waals surface area contributed by atoms with Crippen molar-refractivity contribution in [1.82, 2.24) is 4.98 Å². The third-order valence-electron chi connectivity index (χ3n) is 4.38. The monoisotopic (exact) mass is 389 g/mol. The van der Waals surface area contributed by atoms with Crippen LogP contribution in [0.1, 0.15) is 30.3 Å². The number of allylic oxidation sites excluding steroid dienone is 1. The molecule has 0 saturated carbocycles. The Bertz CT molecular complexity index is 984. The van der Waals surface area contributed by atoms with E-state index in [0.29, 0.717) is 10.6 Å². The minimum Gasteiger partial charge on any atom is -0.497 e. The average Bonchev–Trinajstić information content (AvgIpc) is 3.24. The number of nitrogens with one attached hydrogen (secondary N) is 1. The fraction of sp³-hybridized carbons (Fsp3) is 0.217. The first kappa shape index (κ1) is 19.7. The summed E-state index contributed by atoms with van der Waals surface area (Å²) in [6.45, 7) is 2.20. The third kappa shape index (κ3) is 4.99. The van der Waals surface area contributed by atoms with Crippen LogP contribution in [0.15, 0.2) is 60.1 Å². The molecule has 0 fully saturated rings. The molecule has 3 aromatic rings. The number of benzene rings is 2. The van der Waals surface area contributed by atoms with Gasteiger partial charge < -0.3 is 10.1 Å². The van der Waals surface area contributed by atoms with Gasteiger partial charge in [0.1, 0.15) is 22.4 Å². The Kier molecular flexibility index (Phi) is 6.83. The maximum absolute atomic E-state index is 9.55. The Morgan fingerprint density at radius 1 is 1.25 bits per heavy atom. The Morgan fingerprint density at radius 3 is 2.79 bits per heavy atom. The number of unbranched alkanes of at least 4 members (excludes halogenated alkanes) is 1. The summed E-state index contributed by atoms with van der Waals surface area (Å²) in [5, 5.41) is 15.4. The van der Waals surface area contributed by atoms with Crippen molar-refractivity contribution in [3.63, 3.8) is 0 Å². The fourth-order valence-corrected chi connectivity index (χ4v) is 3.55. The molecule has 0 spiro atoms. The van der Waals surface area contributed by atoms with Crippen LogP contribution in [0.4, 0.5) is 5.69 Å². The van der Waals surface area contributed by atoms with Gasteiger partial charge >= 0.3 is 0 Å². The number of nitrogens with zero attached hydrogens (tertiary/aromatic N) is 2. The Morgan fingerprint density at radius 2 is 2.07 bits per heavy atom. The van der Waals surface area contributed by atoms with E-state index in [0.717, 1.165) is 29.1 Å². The first-order valence-corrected chi connectivity index (χ1v) is 10.2. The van der Waals surface area contributed by atoms with Gasteiger partial charge in [-0.1, -0.05) is 37.6 Å². The van der Waals surface area contributed by atoms with Crippen molar-refractivity contribution in [2.45, 2.75) is 26.2 Å². The van der Waals surface area contributed by atoms with E-state index in [1.54, 1.807) is 13.3 Å². The number of aryl methyl sites for hydroxylation is 1. The lowest BCUT2D eigenvalue weighted by Crippen LogP contribution is -1.92. The zero-order valence-electron chi connectivity index (χ0n) is 16.1. The number of anilines is 1. The second-order valence-electron chi connectivity index (χ2n) is 6.38. The number of nitriles is 1. The van der Waals surface area contributed by atoms with E-state index in [1.807, 2.05) is 41.8 Å². The van der Waals surface area contributed by atoms with Crippen molar-refractivity contribution in [2.75, 3.05) is 12.4 Å². The molecule has 2 aromatic carbocycles. The van der Waals surface area contributed by atoms with Gasteiger partial charge in [0.05, 0.1) is 12.8 Å². The van der Waals surface area contributed by atoms with Gasteiger partial charge in [-0.15, -0.1) is 11.3 Å². The summed E-state index contributed by atoms with van der Waals surface area (Å²) in [5.41, 5.74) is 4.60. The van der Waals surface area contributed by atoms with Gasteiger partial charge in [0, 0.05) is 22.8 Å². The summed E-state index contributed by atoms with van der Waals surface area (Å²) < 4.78 is 5.27. The van der Waals surface area contributed by atoms with Gasteiger partial charge in [0.2, 0.25) is 0 Å². The Balaban J connectivity index is 1.73. The number of rotatable bonds is 8. The molecule has 4 nitrogen and oxygen atoms in total. The van der Waals surface area contributed by atoms with Crippen molar-refractivity contribution in [1.29, 1.82) is 5.26 Å². The minimum absolute atomic E-state index is 0.509. The lowest BCUT2D eigenvalue weighted by molar-refractivity contribution is 0.415. The molecule has 0 radical (unpaired) electrons. The van der Waals surface area contributed by atoms with Crippen LogP contribution in [0.5, 0.6) is 5.75 Å². The molecule has 0 saturated heterocycles. The zero-order valence-corrected chi connectivity index (χ0v) is 16.9. The van der Waals surface area contributed by atoms with Crippen LogP contribution in [0.2, 0.25) is 0 Å². The highest BCUT2D eigenvalue weighted by Crippen LogP contribution is 2.28. The summed E-state index contributed by atoms with van der Waals surface area (Å²) in [5.74, 6) is 0.784. The lowest BCUT2D eigenvalue weighted by atomic mass is 10.1. The third-order valence-corrected chi connectivity index (χ3v) is 5.25. The number of aromatic nitrogens is 1. The summed E-state index contributed by atoms with van der Waals surface area (Å²) in [6.07, 6.45) is 5.21. The molecular formula is C23H23N3OS. The normalized spacial score (nSPS) is 11.1. The molecular weight excluding hydrogens is 366 g/mol. The molecule has 0 aliphatic heterocycles. The van der Waals surface area contributed by atoms with Gasteiger partial charge in [-0.2, -0.15) is 5.26 Å². The van der Waals surface area contributed by atoms with Gasteiger partial charge in [0.15, 0.2) is 0 Å². The molecule has 142 valence electrons. The SMILES string of the molecule is CCCCc1ccc(NC=C(C#N)c2nc(-c3cccc(OC)c3)cs2)cc1. The van der Waals surface area contributed by atoms with Crippen LogP contribution in [0.25, 0.3) is 16.8 Å². The maximum atomic E-state index is 9.55. The van der Waals surface area contributed by atoms with Gasteiger partial charge in [-0.05, 0) is 42.7 Å². The van der Waals surface area contributed by atoms with Crippen LogP contribution in [0.3, 0.4) is 0 Å². The summed E-state index contributed by atoms with van der Waals surface area (Å²) in [6, 6.07) is 18.3. The number of ether oxygens (including phenoxy) is 1. The summed E-state index contributed by atoms with van der Waals surface area (Å²) >= 11 is 1.45. The molecule has 1 N–H and O–H groups in total. The number of hydrogen-bond donors (Lipinski definition) is 1. The van der Waals surface area contributed by atoms with Crippen molar-refractivity contribution in [3.8, 4) is 23.1 Å². The van der Waals surface area contributed by atoms with E-state index in [4.69, 9.17) is 4.74 Å². The highest BCUT2D eigenvalue weighted by atomic mass is 32.1. The lowest BCUT2D eigenvalue weighted by Gasteiger charge is -2.04. The van der Waals surface area contributed by atoms with Crippen LogP contribution in [-0.2, 0) is 6.42 Å². The Labute approximate surface area is 170 Å². The van der Waals surface area contributed by atoms with Gasteiger partial charge in [-0.25, -0.2) is 4.98 Å². The van der Waals surface area contributed by atoms with E-state index >= 15 is 0 Å². The molecule has 0 aliphatic rings. The van der Waals surface area contributed by atoms with E-state index in [1.165, 1.54) is 29.7 Å². The van der Waals surface area contributed by atoms with Crippen molar-refractivity contribution in [2.24, 2.45) is 0 Å². The highest BCUT2D eigenvalue weighted by Gasteiger charge is 2.09. The second kappa shape index (κ2) is 9.72. The molecule has 1 heterocycles. The maximum Gasteiger partial charge on any atom is 0.136 e. The smallest absolute Gasteiger partial charge is 0.136 e. The van der Waals surface area contributed by atoms with Gasteiger partial charge in [-0.3, -0.25) is 0 Å². The van der Waals surface area contributed by atoms with E-state index in [-0.39, 0.29) is 0 Å². The molecule has 0 unspecified atom stereocenters. The van der Waals surface area contributed by atoms with Gasteiger partial charge in [0.25, 0.3) is 0 Å². The topological polar surface area (TPSA) is 57.9 Å². The molecule has 1 aromatic heterocycles. The molecule has 5 heteroatoms. The molecule has 3 rings (SSSR count). The molecule has 0 atom stereocenters. The van der Waals surface area contributed by atoms with Crippen molar-refractivity contribution in [3.05, 3.63) is 70.7 Å². The first-order chi connectivity index (χ1) is 13.7. The predicted octanol–water partition coefficient (Wildman–Crippen LogP) is 6.14. The summed E-state index contributed by atoms with van der Waals surface area (Å²) in [4.78, 5) is 4.62. The highest BCUT2D eigenvalue weighted by molar-refractivity contribution is 7.11. The Hall–Kier alpha value is -3.10. The number of thiazole rings is 1. The standard InChI is InChI=1S/C23H23N3OS/c1-3-4-6-17-9-11-20(12-10-17)25-15-19(14-24)23-26-22(16-28-23)18-7-5-8-21(13-18)27-2/h5,7-13,15-16,25H,3-4,6H2,1-2H3. The van der Waals surface area contributed by atoms with Crippen LogP contribution < -0.4 is 10.1 Å². The van der Waals surface area contributed by atoms with E-state index in [2.05, 4.69) is 35.4 Å². The van der Waals surface area contributed by atoms with Crippen LogP contribution in [0, 0.1) is 11.3 Å². The quantitative estimate of drug-likeness (QED) is 0.470. The largest absolute Gasteiger partial charge is 0.497 e. The second-order valence-corrected chi connectivity index (χ2v) is 7.24. The fourth-order valence-electron chi connectivity index (χ4n) is 2.76. The number of methoxy groups -OCH3 is 1. The van der Waals surface area contributed by atoms with E-state index in [9.17, 15) is 5.26 Å². The molecule has 0 bridgehead atoms. The van der Waals surface area contributed by atoms with Crippen LogP contribution >= 0.6 is 11.3 Å².